The molecule has 0 aliphatic rings. The van der Waals surface area contributed by atoms with Gasteiger partial charge in [0.25, 0.3) is 5.82 Å². The standard InChI is InChI=1S/C6H5N3O2/c1-7-5-3-4(8-9-5)6(10)11-2/h3H,2H3,(H,8,9). The Hall–Kier alpha value is -1.83. The minimum atomic E-state index is -0.545. The lowest BCUT2D eigenvalue weighted by atomic mass is 10.4. The van der Waals surface area contributed by atoms with Gasteiger partial charge in [-0.1, -0.05) is 11.7 Å². The fraction of sp³-hybridized carbons (Fsp3) is 0.167. The van der Waals surface area contributed by atoms with Gasteiger partial charge in [-0.25, -0.2) is 9.89 Å². The Morgan fingerprint density at radius 1 is 1.91 bits per heavy atom. The lowest BCUT2D eigenvalue weighted by Gasteiger charge is -1.88. The van der Waals surface area contributed by atoms with E-state index in [-0.39, 0.29) is 11.5 Å². The first-order valence-electron chi connectivity index (χ1n) is 2.79. The van der Waals surface area contributed by atoms with E-state index in [2.05, 4.69) is 19.8 Å². The summed E-state index contributed by atoms with van der Waals surface area (Å²) in [6.07, 6.45) is 0. The Morgan fingerprint density at radius 3 is 3.09 bits per heavy atom. The quantitative estimate of drug-likeness (QED) is 0.475. The molecule has 0 atom stereocenters. The fourth-order valence-electron chi connectivity index (χ4n) is 0.578. The third-order valence-corrected chi connectivity index (χ3v) is 1.08. The van der Waals surface area contributed by atoms with Gasteiger partial charge in [-0.2, -0.15) is 0 Å². The molecule has 1 aromatic rings. The molecular weight excluding hydrogens is 146 g/mol. The zero-order chi connectivity index (χ0) is 8.27. The first kappa shape index (κ1) is 7.28. The molecule has 0 saturated heterocycles. The van der Waals surface area contributed by atoms with Crippen molar-refractivity contribution in [3.63, 3.8) is 0 Å². The Bertz CT molecular complexity index is 310. The van der Waals surface area contributed by atoms with E-state index in [1.54, 1.807) is 0 Å². The molecule has 1 heterocycles. The van der Waals surface area contributed by atoms with E-state index in [0.29, 0.717) is 0 Å². The molecule has 0 aliphatic heterocycles. The molecule has 0 unspecified atom stereocenters. The van der Waals surface area contributed by atoms with Crippen molar-refractivity contribution in [1.29, 1.82) is 0 Å². The summed E-state index contributed by atoms with van der Waals surface area (Å²) in [5.41, 5.74) is 0.124. The average Bonchev–Trinajstić information content (AvgIpc) is 2.50. The molecule has 5 nitrogen and oxygen atoms in total. The predicted molar refractivity (Wildman–Crippen MR) is 36.2 cm³/mol. The highest BCUT2D eigenvalue weighted by Gasteiger charge is 2.09. The summed E-state index contributed by atoms with van der Waals surface area (Å²) in [6.45, 7) is 6.56. The van der Waals surface area contributed by atoms with Crippen LogP contribution in [0.2, 0.25) is 0 Å². The number of nitrogens with zero attached hydrogens (tertiary/aromatic N) is 2. The van der Waals surface area contributed by atoms with Crippen LogP contribution in [0.1, 0.15) is 10.5 Å². The van der Waals surface area contributed by atoms with Crippen molar-refractivity contribution in [3.05, 3.63) is 23.2 Å². The molecule has 0 amide bonds. The number of esters is 1. The van der Waals surface area contributed by atoms with Gasteiger partial charge in [-0.3, -0.25) is 0 Å². The molecule has 5 heteroatoms. The van der Waals surface area contributed by atoms with Crippen LogP contribution >= 0.6 is 0 Å². The van der Waals surface area contributed by atoms with Gasteiger partial charge in [0.2, 0.25) is 0 Å². The van der Waals surface area contributed by atoms with Crippen molar-refractivity contribution in [2.24, 2.45) is 0 Å². The smallest absolute Gasteiger partial charge is 0.359 e. The maximum Gasteiger partial charge on any atom is 0.359 e. The van der Waals surface area contributed by atoms with E-state index in [0.717, 1.165) is 0 Å². The zero-order valence-electron chi connectivity index (χ0n) is 5.79. The minimum absolute atomic E-state index is 0.124. The third kappa shape index (κ3) is 1.35. The van der Waals surface area contributed by atoms with Gasteiger partial charge >= 0.3 is 5.97 Å². The van der Waals surface area contributed by atoms with Crippen LogP contribution in [-0.4, -0.2) is 23.3 Å². The molecule has 0 saturated carbocycles. The largest absolute Gasteiger partial charge is 0.464 e. The lowest BCUT2D eigenvalue weighted by molar-refractivity contribution is 0.0594. The van der Waals surface area contributed by atoms with Crippen LogP contribution in [0.3, 0.4) is 0 Å². The number of methoxy groups -OCH3 is 1. The topological polar surface area (TPSA) is 59.3 Å². The Kier molecular flexibility index (Phi) is 1.88. The molecule has 0 aliphatic carbocycles. The number of aromatic nitrogens is 2. The normalized spacial score (nSPS) is 8.73. The summed E-state index contributed by atoms with van der Waals surface area (Å²) in [5.74, 6) is -0.318. The number of nitrogens with one attached hydrogen (secondary N) is 1. The Morgan fingerprint density at radius 2 is 2.64 bits per heavy atom. The van der Waals surface area contributed by atoms with Gasteiger partial charge in [0.05, 0.1) is 7.11 Å². The fourth-order valence-corrected chi connectivity index (χ4v) is 0.578. The molecule has 0 bridgehead atoms. The SMILES string of the molecule is [C-]#[N+]c1cc(C(=O)OC)n[nH]1. The monoisotopic (exact) mass is 151 g/mol. The van der Waals surface area contributed by atoms with Gasteiger partial charge in [0, 0.05) is 0 Å². The number of aromatic amines is 1. The second kappa shape index (κ2) is 2.84. The average molecular weight is 151 g/mol. The van der Waals surface area contributed by atoms with Gasteiger partial charge in [0.1, 0.15) is 0 Å². The number of hydrogen-bond donors (Lipinski definition) is 1. The van der Waals surface area contributed by atoms with Crippen molar-refractivity contribution < 1.29 is 9.53 Å². The van der Waals surface area contributed by atoms with E-state index in [4.69, 9.17) is 6.57 Å². The molecule has 0 fully saturated rings. The first-order chi connectivity index (χ1) is 5.27. The van der Waals surface area contributed by atoms with Gasteiger partial charge in [-0.05, 0) is 6.07 Å². The zero-order valence-corrected chi connectivity index (χ0v) is 5.79. The molecule has 1 N–H and O–H groups in total. The highest BCUT2D eigenvalue weighted by Crippen LogP contribution is 2.08. The number of H-pyrrole nitrogens is 1. The second-order valence-corrected chi connectivity index (χ2v) is 1.74. The molecular formula is C6H5N3O2. The molecule has 11 heavy (non-hydrogen) atoms. The molecule has 1 rings (SSSR count). The van der Waals surface area contributed by atoms with Crippen molar-refractivity contribution in [3.8, 4) is 0 Å². The number of ether oxygens (including phenoxy) is 1. The Labute approximate surface area is 62.8 Å². The molecule has 56 valence electrons. The predicted octanol–water partition coefficient (Wildman–Crippen LogP) is 0.747. The van der Waals surface area contributed by atoms with Gasteiger partial charge in [0.15, 0.2) is 5.69 Å². The van der Waals surface area contributed by atoms with Crippen LogP contribution in [-0.2, 0) is 4.74 Å². The maximum absolute atomic E-state index is 10.7. The maximum atomic E-state index is 10.7. The van der Waals surface area contributed by atoms with E-state index >= 15 is 0 Å². The third-order valence-electron chi connectivity index (χ3n) is 1.08. The number of hydrogen-bond acceptors (Lipinski definition) is 3. The lowest BCUT2D eigenvalue weighted by Crippen LogP contribution is -2.00. The van der Waals surface area contributed by atoms with E-state index < -0.39 is 5.97 Å². The minimum Gasteiger partial charge on any atom is -0.464 e. The molecule has 0 aromatic carbocycles. The second-order valence-electron chi connectivity index (χ2n) is 1.74. The van der Waals surface area contributed by atoms with E-state index in [9.17, 15) is 4.79 Å². The van der Waals surface area contributed by atoms with Crippen LogP contribution < -0.4 is 0 Å². The molecule has 1 aromatic heterocycles. The number of carbonyl (C=O) groups excluding carboxylic acids is 1. The highest BCUT2D eigenvalue weighted by atomic mass is 16.5. The van der Waals surface area contributed by atoms with Crippen molar-refractivity contribution in [2.75, 3.05) is 7.11 Å². The van der Waals surface area contributed by atoms with Crippen LogP contribution in [0.15, 0.2) is 6.07 Å². The first-order valence-corrected chi connectivity index (χ1v) is 2.79. The van der Waals surface area contributed by atoms with Crippen LogP contribution in [0, 0.1) is 6.57 Å². The van der Waals surface area contributed by atoms with Gasteiger partial charge in [-0.15, -0.1) is 0 Å². The van der Waals surface area contributed by atoms with Crippen molar-refractivity contribution in [1.82, 2.24) is 10.2 Å². The molecule has 0 radical (unpaired) electrons. The summed E-state index contributed by atoms with van der Waals surface area (Å²) in [4.78, 5) is 13.8. The number of rotatable bonds is 1. The summed E-state index contributed by atoms with van der Waals surface area (Å²) in [6, 6.07) is 1.33. The van der Waals surface area contributed by atoms with E-state index in [1.165, 1.54) is 13.2 Å². The number of carbonyl (C=O) groups is 1. The van der Waals surface area contributed by atoms with Crippen LogP contribution in [0.5, 0.6) is 0 Å². The Balaban J connectivity index is 2.91. The van der Waals surface area contributed by atoms with Crippen LogP contribution in [0.25, 0.3) is 4.85 Å². The van der Waals surface area contributed by atoms with Crippen molar-refractivity contribution in [2.45, 2.75) is 0 Å². The van der Waals surface area contributed by atoms with E-state index in [1.807, 2.05) is 0 Å². The molecule has 0 spiro atoms. The summed E-state index contributed by atoms with van der Waals surface area (Å²) < 4.78 is 4.37. The highest BCUT2D eigenvalue weighted by molar-refractivity contribution is 5.87. The van der Waals surface area contributed by atoms with Crippen LogP contribution in [0.4, 0.5) is 5.82 Å². The van der Waals surface area contributed by atoms with Crippen molar-refractivity contribution >= 4 is 11.8 Å². The summed E-state index contributed by atoms with van der Waals surface area (Å²) in [5, 5.41) is 5.91. The summed E-state index contributed by atoms with van der Waals surface area (Å²) >= 11 is 0. The summed E-state index contributed by atoms with van der Waals surface area (Å²) in [7, 11) is 1.26. The van der Waals surface area contributed by atoms with Gasteiger partial charge < -0.3 is 9.58 Å².